The van der Waals surface area contributed by atoms with Crippen LogP contribution in [0.2, 0.25) is 0 Å². The van der Waals surface area contributed by atoms with Gasteiger partial charge in [-0.1, -0.05) is 35.7 Å². The largest absolute Gasteiger partial charge is 0.480 e. The van der Waals surface area contributed by atoms with Gasteiger partial charge in [-0.25, -0.2) is 4.79 Å². The first-order valence-corrected chi connectivity index (χ1v) is 7.36. The maximum absolute atomic E-state index is 13.0. The third-order valence-electron chi connectivity index (χ3n) is 2.98. The Morgan fingerprint density at radius 3 is 2.50 bits per heavy atom. The van der Waals surface area contributed by atoms with Gasteiger partial charge in [0.05, 0.1) is 11.1 Å². The molecule has 1 rings (SSSR count). The van der Waals surface area contributed by atoms with Crippen molar-refractivity contribution in [3.8, 4) is 0 Å². The van der Waals surface area contributed by atoms with Gasteiger partial charge in [0.2, 0.25) is 0 Å². The zero-order valence-electron chi connectivity index (χ0n) is 11.7. The number of carboxylic acids is 1. The fraction of sp³-hybridized carbons (Fsp3) is 0.429. The molecule has 122 valence electrons. The van der Waals surface area contributed by atoms with Crippen molar-refractivity contribution >= 4 is 27.8 Å². The van der Waals surface area contributed by atoms with E-state index in [-0.39, 0.29) is 10.9 Å². The van der Waals surface area contributed by atoms with E-state index in [4.69, 9.17) is 5.11 Å². The van der Waals surface area contributed by atoms with Crippen LogP contribution < -0.4 is 5.32 Å². The fourth-order valence-electron chi connectivity index (χ4n) is 1.85. The molecule has 0 radical (unpaired) electrons. The average Bonchev–Trinajstić information content (AvgIpc) is 2.41. The summed E-state index contributed by atoms with van der Waals surface area (Å²) < 4.78 is 39.1. The molecule has 0 saturated carbocycles. The smallest absolute Gasteiger partial charge is 0.417 e. The number of rotatable bonds is 6. The van der Waals surface area contributed by atoms with E-state index in [2.05, 4.69) is 21.2 Å². The summed E-state index contributed by atoms with van der Waals surface area (Å²) in [6.07, 6.45) is -3.29. The van der Waals surface area contributed by atoms with E-state index in [1.807, 2.05) is 6.92 Å². The molecule has 2 N–H and O–H groups in total. The van der Waals surface area contributed by atoms with E-state index in [0.29, 0.717) is 12.8 Å². The number of unbranched alkanes of at least 4 members (excludes halogenated alkanes) is 1. The lowest BCUT2D eigenvalue weighted by Crippen LogP contribution is -2.41. The van der Waals surface area contributed by atoms with Crippen molar-refractivity contribution in [3.05, 3.63) is 33.8 Å². The first kappa shape index (κ1) is 18.5. The summed E-state index contributed by atoms with van der Waals surface area (Å²) in [6.45, 7) is 1.84. The Balaban J connectivity index is 3.04. The van der Waals surface area contributed by atoms with Gasteiger partial charge >= 0.3 is 12.1 Å². The number of alkyl halides is 3. The Kier molecular flexibility index (Phi) is 6.40. The van der Waals surface area contributed by atoms with Crippen molar-refractivity contribution in [1.82, 2.24) is 5.32 Å². The second kappa shape index (κ2) is 7.62. The lowest BCUT2D eigenvalue weighted by molar-refractivity contribution is -0.139. The van der Waals surface area contributed by atoms with Gasteiger partial charge in [0, 0.05) is 4.47 Å². The number of hydrogen-bond donors (Lipinski definition) is 2. The summed E-state index contributed by atoms with van der Waals surface area (Å²) >= 11 is 2.92. The van der Waals surface area contributed by atoms with Crippen molar-refractivity contribution in [2.24, 2.45) is 0 Å². The van der Waals surface area contributed by atoms with Gasteiger partial charge in [0.15, 0.2) is 0 Å². The van der Waals surface area contributed by atoms with Crippen LogP contribution in [0, 0.1) is 0 Å². The van der Waals surface area contributed by atoms with Gasteiger partial charge in [-0.05, 0) is 24.6 Å². The Hall–Kier alpha value is -1.57. The normalized spacial score (nSPS) is 12.8. The molecule has 1 unspecified atom stereocenters. The van der Waals surface area contributed by atoms with E-state index in [1.165, 1.54) is 6.07 Å². The quantitative estimate of drug-likeness (QED) is 0.786. The highest BCUT2D eigenvalue weighted by molar-refractivity contribution is 9.10. The van der Waals surface area contributed by atoms with Crippen LogP contribution in [0.3, 0.4) is 0 Å². The molecule has 1 aromatic rings. The zero-order valence-corrected chi connectivity index (χ0v) is 13.3. The van der Waals surface area contributed by atoms with Gasteiger partial charge in [-0.15, -0.1) is 0 Å². The maximum atomic E-state index is 13.0. The van der Waals surface area contributed by atoms with E-state index in [9.17, 15) is 22.8 Å². The second-order valence-electron chi connectivity index (χ2n) is 4.69. The molecule has 0 bridgehead atoms. The molecule has 0 fully saturated rings. The van der Waals surface area contributed by atoms with Gasteiger partial charge in [-0.3, -0.25) is 4.79 Å². The minimum absolute atomic E-state index is 0.162. The zero-order chi connectivity index (χ0) is 16.9. The molecule has 1 aromatic carbocycles. The Morgan fingerprint density at radius 1 is 1.36 bits per heavy atom. The van der Waals surface area contributed by atoms with Gasteiger partial charge in [0.25, 0.3) is 5.91 Å². The summed E-state index contributed by atoms with van der Waals surface area (Å²) in [6, 6.07) is 1.89. The number of hydrogen-bond acceptors (Lipinski definition) is 2. The molecular formula is C14H15BrF3NO3. The summed E-state index contributed by atoms with van der Waals surface area (Å²) in [4.78, 5) is 23.1. The van der Waals surface area contributed by atoms with Crippen LogP contribution in [0.1, 0.15) is 42.1 Å². The number of nitrogens with one attached hydrogen (secondary N) is 1. The highest BCUT2D eigenvalue weighted by atomic mass is 79.9. The lowest BCUT2D eigenvalue weighted by Gasteiger charge is -2.17. The summed E-state index contributed by atoms with van der Waals surface area (Å²) in [7, 11) is 0. The minimum atomic E-state index is -4.71. The van der Waals surface area contributed by atoms with Crippen LogP contribution in [0.15, 0.2) is 22.7 Å². The van der Waals surface area contributed by atoms with E-state index < -0.39 is 35.2 Å². The molecule has 0 aromatic heterocycles. The van der Waals surface area contributed by atoms with E-state index in [1.54, 1.807) is 0 Å². The van der Waals surface area contributed by atoms with Gasteiger partial charge < -0.3 is 10.4 Å². The average molecular weight is 382 g/mol. The summed E-state index contributed by atoms with van der Waals surface area (Å²) in [5.41, 5.74) is -1.71. The third kappa shape index (κ3) is 5.01. The lowest BCUT2D eigenvalue weighted by atomic mass is 10.0. The highest BCUT2D eigenvalue weighted by Crippen LogP contribution is 2.33. The van der Waals surface area contributed by atoms with Crippen LogP contribution in [0.25, 0.3) is 0 Å². The van der Waals surface area contributed by atoms with Gasteiger partial charge in [0.1, 0.15) is 6.04 Å². The van der Waals surface area contributed by atoms with Crippen molar-refractivity contribution < 1.29 is 27.9 Å². The maximum Gasteiger partial charge on any atom is 0.417 e. The highest BCUT2D eigenvalue weighted by Gasteiger charge is 2.36. The number of aliphatic carboxylic acids is 1. The monoisotopic (exact) mass is 381 g/mol. The second-order valence-corrected chi connectivity index (χ2v) is 5.61. The van der Waals surface area contributed by atoms with Crippen molar-refractivity contribution in [1.29, 1.82) is 0 Å². The number of carbonyl (C=O) groups excluding carboxylic acids is 1. The van der Waals surface area contributed by atoms with Crippen LogP contribution >= 0.6 is 15.9 Å². The molecule has 0 aliphatic carbocycles. The SMILES string of the molecule is CCCCC(NC(=O)c1ccc(Br)cc1C(F)(F)F)C(=O)O. The first-order valence-electron chi connectivity index (χ1n) is 6.57. The molecular weight excluding hydrogens is 367 g/mol. The summed E-state index contributed by atoms with van der Waals surface area (Å²) in [5, 5.41) is 11.2. The molecule has 0 spiro atoms. The fourth-order valence-corrected chi connectivity index (χ4v) is 2.21. The molecule has 0 aliphatic rings. The number of amides is 1. The van der Waals surface area contributed by atoms with Crippen LogP contribution in [0.5, 0.6) is 0 Å². The van der Waals surface area contributed by atoms with Crippen molar-refractivity contribution in [3.63, 3.8) is 0 Å². The van der Waals surface area contributed by atoms with Crippen LogP contribution in [-0.2, 0) is 11.0 Å². The van der Waals surface area contributed by atoms with Crippen LogP contribution in [-0.4, -0.2) is 23.0 Å². The first-order chi connectivity index (χ1) is 10.2. The van der Waals surface area contributed by atoms with Gasteiger partial charge in [-0.2, -0.15) is 13.2 Å². The van der Waals surface area contributed by atoms with E-state index >= 15 is 0 Å². The molecule has 1 atom stereocenters. The molecule has 0 aliphatic heterocycles. The topological polar surface area (TPSA) is 66.4 Å². The number of carboxylic acid groups (broad SMARTS) is 1. The molecule has 22 heavy (non-hydrogen) atoms. The van der Waals surface area contributed by atoms with Crippen molar-refractivity contribution in [2.75, 3.05) is 0 Å². The molecule has 0 saturated heterocycles. The van der Waals surface area contributed by atoms with Crippen molar-refractivity contribution in [2.45, 2.75) is 38.4 Å². The number of carbonyl (C=O) groups is 2. The molecule has 1 amide bonds. The van der Waals surface area contributed by atoms with E-state index in [0.717, 1.165) is 12.1 Å². The Bertz CT molecular complexity index is 561. The minimum Gasteiger partial charge on any atom is -0.480 e. The number of halogens is 4. The Morgan fingerprint density at radius 2 is 2.00 bits per heavy atom. The Labute approximate surface area is 133 Å². The van der Waals surface area contributed by atoms with Crippen LogP contribution in [0.4, 0.5) is 13.2 Å². The molecule has 8 heteroatoms. The number of benzene rings is 1. The standard InChI is InChI=1S/C14H15BrF3NO3/c1-2-3-4-11(13(21)22)19-12(20)9-6-5-8(15)7-10(9)14(16,17)18/h5-7,11H,2-4H2,1H3,(H,19,20)(H,21,22). The third-order valence-corrected chi connectivity index (χ3v) is 3.47. The predicted octanol–water partition coefficient (Wildman–Crippen LogP) is 3.84. The summed E-state index contributed by atoms with van der Waals surface area (Å²) in [5.74, 6) is -2.32. The molecule has 4 nitrogen and oxygen atoms in total. The molecule has 0 heterocycles. The predicted molar refractivity (Wildman–Crippen MR) is 77.6 cm³/mol.